The molecule has 1 amide bonds. The Hall–Kier alpha value is -3.92. The predicted molar refractivity (Wildman–Crippen MR) is 117 cm³/mol. The molecule has 0 atom stereocenters. The van der Waals surface area contributed by atoms with Gasteiger partial charge in [0.05, 0.1) is 13.3 Å². The minimum absolute atomic E-state index is 0.210. The third-order valence-electron chi connectivity index (χ3n) is 3.91. The van der Waals surface area contributed by atoms with Crippen LogP contribution >= 0.6 is 11.6 Å². The summed E-state index contributed by atoms with van der Waals surface area (Å²) in [5.74, 6) is 0.725. The lowest BCUT2D eigenvalue weighted by atomic mass is 10.2. The molecule has 0 aliphatic rings. The first-order valence-electron chi connectivity index (χ1n) is 9.03. The fraction of sp³-hybridized carbons (Fsp3) is 0.150. The van der Waals surface area contributed by atoms with Gasteiger partial charge in [0.1, 0.15) is 5.69 Å². The van der Waals surface area contributed by atoms with Crippen molar-refractivity contribution in [1.82, 2.24) is 15.2 Å². The van der Waals surface area contributed by atoms with Gasteiger partial charge in [-0.15, -0.1) is 0 Å². The van der Waals surface area contributed by atoms with Gasteiger partial charge in [0, 0.05) is 10.7 Å². The maximum atomic E-state index is 12.1. The van der Waals surface area contributed by atoms with Crippen molar-refractivity contribution in [3.05, 3.63) is 69.2 Å². The summed E-state index contributed by atoms with van der Waals surface area (Å²) in [4.78, 5) is 27.1. The number of halogens is 1. The predicted octanol–water partition coefficient (Wildman–Crippen LogP) is 2.60. The Morgan fingerprint density at radius 2 is 2.10 bits per heavy atom. The van der Waals surface area contributed by atoms with Crippen LogP contribution in [-0.2, 0) is 4.79 Å². The molecule has 0 bridgehead atoms. The SMILES string of the molecule is COc1cc(C=NNc2nc(=O)[nH]nc2C)ccc1OCC(=O)Nc1cccc(Cl)c1. The van der Waals surface area contributed by atoms with E-state index >= 15 is 0 Å². The van der Waals surface area contributed by atoms with Crippen LogP contribution in [0.4, 0.5) is 11.5 Å². The van der Waals surface area contributed by atoms with Gasteiger partial charge in [0.2, 0.25) is 0 Å². The summed E-state index contributed by atoms with van der Waals surface area (Å²) in [6.07, 6.45) is 1.51. The second kappa shape index (κ2) is 10.2. The highest BCUT2D eigenvalue weighted by atomic mass is 35.5. The average molecular weight is 443 g/mol. The van der Waals surface area contributed by atoms with Crippen molar-refractivity contribution in [2.75, 3.05) is 24.5 Å². The zero-order chi connectivity index (χ0) is 22.2. The first kappa shape index (κ1) is 21.8. The first-order chi connectivity index (χ1) is 14.9. The Balaban J connectivity index is 1.60. The van der Waals surface area contributed by atoms with Crippen molar-refractivity contribution >= 4 is 35.2 Å². The Morgan fingerprint density at radius 3 is 2.87 bits per heavy atom. The van der Waals surface area contributed by atoms with Crippen molar-refractivity contribution in [1.29, 1.82) is 0 Å². The Kier molecular flexibility index (Phi) is 7.17. The maximum Gasteiger partial charge on any atom is 0.363 e. The molecule has 0 spiro atoms. The van der Waals surface area contributed by atoms with Gasteiger partial charge in [-0.3, -0.25) is 10.2 Å². The number of carbonyl (C=O) groups excluding carboxylic acids is 1. The molecule has 1 aromatic heterocycles. The van der Waals surface area contributed by atoms with Crippen LogP contribution in [-0.4, -0.2) is 41.0 Å². The van der Waals surface area contributed by atoms with Crippen LogP contribution < -0.4 is 25.9 Å². The number of aromatic nitrogens is 3. The minimum atomic E-state index is -0.578. The van der Waals surface area contributed by atoms with Crippen LogP contribution in [0.25, 0.3) is 0 Å². The lowest BCUT2D eigenvalue weighted by Crippen LogP contribution is -2.20. The van der Waals surface area contributed by atoms with E-state index in [9.17, 15) is 9.59 Å². The summed E-state index contributed by atoms with van der Waals surface area (Å²) in [7, 11) is 1.49. The van der Waals surface area contributed by atoms with E-state index in [0.29, 0.717) is 33.5 Å². The van der Waals surface area contributed by atoms with Gasteiger partial charge < -0.3 is 14.8 Å². The number of nitrogens with zero attached hydrogens (tertiary/aromatic N) is 3. The normalized spacial score (nSPS) is 10.7. The number of anilines is 2. The lowest BCUT2D eigenvalue weighted by Gasteiger charge is -2.11. The molecule has 0 fully saturated rings. The van der Waals surface area contributed by atoms with E-state index in [1.54, 1.807) is 49.4 Å². The second-order valence-electron chi connectivity index (χ2n) is 6.20. The van der Waals surface area contributed by atoms with Crippen molar-refractivity contribution in [3.63, 3.8) is 0 Å². The van der Waals surface area contributed by atoms with Crippen LogP contribution in [0.5, 0.6) is 11.5 Å². The first-order valence-corrected chi connectivity index (χ1v) is 9.41. The van der Waals surface area contributed by atoms with Gasteiger partial charge in [-0.1, -0.05) is 17.7 Å². The molecule has 0 saturated carbocycles. The Morgan fingerprint density at radius 1 is 1.26 bits per heavy atom. The number of H-pyrrole nitrogens is 1. The number of hydrogen-bond donors (Lipinski definition) is 3. The highest BCUT2D eigenvalue weighted by Gasteiger charge is 2.09. The highest BCUT2D eigenvalue weighted by Crippen LogP contribution is 2.27. The monoisotopic (exact) mass is 442 g/mol. The van der Waals surface area contributed by atoms with Crippen molar-refractivity contribution in [2.24, 2.45) is 5.10 Å². The molecular weight excluding hydrogens is 424 g/mol. The van der Waals surface area contributed by atoms with Crippen molar-refractivity contribution in [3.8, 4) is 11.5 Å². The molecule has 0 unspecified atom stereocenters. The maximum absolute atomic E-state index is 12.1. The molecule has 0 aliphatic heterocycles. The van der Waals surface area contributed by atoms with Crippen molar-refractivity contribution < 1.29 is 14.3 Å². The average Bonchev–Trinajstić information content (AvgIpc) is 2.75. The van der Waals surface area contributed by atoms with Gasteiger partial charge in [-0.2, -0.15) is 15.2 Å². The number of ether oxygens (including phenoxy) is 2. The molecule has 10 nitrogen and oxygen atoms in total. The summed E-state index contributed by atoms with van der Waals surface area (Å²) in [6.45, 7) is 1.47. The van der Waals surface area contributed by atoms with Crippen molar-refractivity contribution in [2.45, 2.75) is 6.92 Å². The van der Waals surface area contributed by atoms with Crippen LogP contribution in [0.2, 0.25) is 5.02 Å². The summed E-state index contributed by atoms with van der Waals surface area (Å²) < 4.78 is 10.9. The molecule has 2 aromatic carbocycles. The van der Waals surface area contributed by atoms with Crippen LogP contribution in [0, 0.1) is 6.92 Å². The van der Waals surface area contributed by atoms with Gasteiger partial charge in [0.25, 0.3) is 5.91 Å². The van der Waals surface area contributed by atoms with Gasteiger partial charge in [-0.25, -0.2) is 9.89 Å². The summed E-state index contributed by atoms with van der Waals surface area (Å²) in [5.41, 5.74) is 3.85. The van der Waals surface area contributed by atoms with E-state index in [1.165, 1.54) is 13.3 Å². The summed E-state index contributed by atoms with van der Waals surface area (Å²) in [5, 5.41) is 13.3. The van der Waals surface area contributed by atoms with Crippen LogP contribution in [0.15, 0.2) is 52.4 Å². The number of amides is 1. The topological polar surface area (TPSA) is 131 Å². The molecule has 3 N–H and O–H groups in total. The standard InChI is InChI=1S/C20H19ClN6O4/c1-12-19(24-20(29)27-25-12)26-22-10-13-6-7-16(17(8-13)30-2)31-11-18(28)23-15-5-3-4-14(21)9-15/h3-10H,11H2,1-2H3,(H,23,28)(H2,24,26,27,29). The molecule has 3 aromatic rings. The van der Waals surface area contributed by atoms with E-state index in [-0.39, 0.29) is 18.3 Å². The smallest absolute Gasteiger partial charge is 0.363 e. The molecule has 3 rings (SSSR count). The summed E-state index contributed by atoms with van der Waals surface area (Å²) in [6, 6.07) is 11.9. The number of benzene rings is 2. The van der Waals surface area contributed by atoms with Gasteiger partial charge in [-0.05, 0) is 48.9 Å². The number of hydrogen-bond acceptors (Lipinski definition) is 8. The van der Waals surface area contributed by atoms with E-state index < -0.39 is 5.69 Å². The number of aromatic amines is 1. The zero-order valence-electron chi connectivity index (χ0n) is 16.7. The van der Waals surface area contributed by atoms with E-state index in [2.05, 4.69) is 31.0 Å². The number of aryl methyl sites for hydroxylation is 1. The molecule has 0 aliphatic carbocycles. The molecule has 160 valence electrons. The molecular formula is C20H19ClN6O4. The van der Waals surface area contributed by atoms with E-state index in [1.807, 2.05) is 0 Å². The molecule has 31 heavy (non-hydrogen) atoms. The molecule has 11 heteroatoms. The van der Waals surface area contributed by atoms with Gasteiger partial charge >= 0.3 is 5.69 Å². The van der Waals surface area contributed by atoms with E-state index in [0.717, 1.165) is 0 Å². The third kappa shape index (κ3) is 6.28. The summed E-state index contributed by atoms with van der Waals surface area (Å²) >= 11 is 5.91. The number of methoxy groups -OCH3 is 1. The zero-order valence-corrected chi connectivity index (χ0v) is 17.4. The third-order valence-corrected chi connectivity index (χ3v) is 4.15. The fourth-order valence-corrected chi connectivity index (χ4v) is 2.65. The number of rotatable bonds is 8. The minimum Gasteiger partial charge on any atom is -0.493 e. The van der Waals surface area contributed by atoms with Gasteiger partial charge in [0.15, 0.2) is 23.9 Å². The second-order valence-corrected chi connectivity index (χ2v) is 6.64. The molecule has 0 saturated heterocycles. The quantitative estimate of drug-likeness (QED) is 0.361. The largest absolute Gasteiger partial charge is 0.493 e. The number of carbonyl (C=O) groups is 1. The van der Waals surface area contributed by atoms with Crippen LogP contribution in [0.3, 0.4) is 0 Å². The Bertz CT molecular complexity index is 1160. The Labute approximate surface area is 182 Å². The van der Waals surface area contributed by atoms with Crippen LogP contribution in [0.1, 0.15) is 11.3 Å². The highest BCUT2D eigenvalue weighted by molar-refractivity contribution is 6.30. The lowest BCUT2D eigenvalue weighted by molar-refractivity contribution is -0.118. The fourth-order valence-electron chi connectivity index (χ4n) is 2.46. The van der Waals surface area contributed by atoms with E-state index in [4.69, 9.17) is 21.1 Å². The number of hydrazone groups is 1. The molecule has 1 heterocycles. The number of nitrogens with one attached hydrogen (secondary N) is 3. The molecule has 0 radical (unpaired) electrons.